The van der Waals surface area contributed by atoms with Crippen molar-refractivity contribution in [1.29, 1.82) is 0 Å². The number of rotatable bonds is 6. The molecule has 0 radical (unpaired) electrons. The zero-order chi connectivity index (χ0) is 16.8. The molecule has 1 aromatic heterocycles. The molecule has 2 aromatic rings. The number of carbonyl (C=O) groups is 1. The first-order chi connectivity index (χ1) is 11.7. The van der Waals surface area contributed by atoms with E-state index in [-0.39, 0.29) is 12.1 Å². The van der Waals surface area contributed by atoms with Gasteiger partial charge in [-0.1, -0.05) is 23.7 Å². The topological polar surface area (TPSA) is 68.2 Å². The largest absolute Gasteiger partial charge is 0.376 e. The zero-order valence-corrected chi connectivity index (χ0v) is 14.1. The molecule has 24 heavy (non-hydrogen) atoms. The van der Waals surface area contributed by atoms with E-state index >= 15 is 0 Å². The highest BCUT2D eigenvalue weighted by Crippen LogP contribution is 2.15. The fraction of sp³-hybridized carbons (Fsp3) is 0.412. The molecule has 1 aliphatic heterocycles. The van der Waals surface area contributed by atoms with Gasteiger partial charge in [0.1, 0.15) is 0 Å². The second kappa shape index (κ2) is 8.17. The third-order valence-corrected chi connectivity index (χ3v) is 4.13. The summed E-state index contributed by atoms with van der Waals surface area (Å²) in [6.07, 6.45) is 6.58. The number of hydrogen-bond acceptors (Lipinski definition) is 3. The Morgan fingerprint density at radius 1 is 1.46 bits per heavy atom. The molecule has 1 unspecified atom stereocenters. The lowest BCUT2D eigenvalue weighted by atomic mass is 10.1. The van der Waals surface area contributed by atoms with Crippen molar-refractivity contribution in [3.05, 3.63) is 47.2 Å². The third kappa shape index (κ3) is 4.97. The molecular formula is C17H21ClN4O2. The van der Waals surface area contributed by atoms with E-state index in [1.807, 2.05) is 30.5 Å². The maximum absolute atomic E-state index is 11.9. The standard InChI is InChI=1S/C17H21ClN4O2/c18-14-4-1-3-13(9-14)6-7-19-17(23)21-15-10-20-22(11-15)12-16-5-2-8-24-16/h1,3-4,9-11,16H,2,5-8,12H2,(H2,19,21,23). The molecule has 2 amide bonds. The molecule has 2 heterocycles. The van der Waals surface area contributed by atoms with Crippen LogP contribution in [0.25, 0.3) is 0 Å². The van der Waals surface area contributed by atoms with Crippen LogP contribution in [0.4, 0.5) is 10.5 Å². The van der Waals surface area contributed by atoms with Gasteiger partial charge in [0.2, 0.25) is 0 Å². The van der Waals surface area contributed by atoms with Crippen LogP contribution in [-0.4, -0.2) is 35.1 Å². The quantitative estimate of drug-likeness (QED) is 0.843. The first-order valence-electron chi connectivity index (χ1n) is 8.12. The Balaban J connectivity index is 1.40. The highest BCUT2D eigenvalue weighted by atomic mass is 35.5. The summed E-state index contributed by atoms with van der Waals surface area (Å²) in [7, 11) is 0. The van der Waals surface area contributed by atoms with Crippen molar-refractivity contribution < 1.29 is 9.53 Å². The van der Waals surface area contributed by atoms with E-state index in [2.05, 4.69) is 15.7 Å². The molecule has 0 saturated carbocycles. The van der Waals surface area contributed by atoms with E-state index in [0.29, 0.717) is 17.3 Å². The minimum atomic E-state index is -0.242. The van der Waals surface area contributed by atoms with Gasteiger partial charge in [-0.25, -0.2) is 4.79 Å². The van der Waals surface area contributed by atoms with E-state index < -0.39 is 0 Å². The van der Waals surface area contributed by atoms with Crippen LogP contribution < -0.4 is 10.6 Å². The van der Waals surface area contributed by atoms with Crippen LogP contribution in [0, 0.1) is 0 Å². The fourth-order valence-corrected chi connectivity index (χ4v) is 2.93. The minimum Gasteiger partial charge on any atom is -0.376 e. The van der Waals surface area contributed by atoms with Crippen LogP contribution in [-0.2, 0) is 17.7 Å². The van der Waals surface area contributed by atoms with Gasteiger partial charge in [0, 0.05) is 24.4 Å². The van der Waals surface area contributed by atoms with Crippen molar-refractivity contribution in [2.45, 2.75) is 31.9 Å². The normalized spacial score (nSPS) is 17.0. The Labute approximate surface area is 146 Å². The van der Waals surface area contributed by atoms with Gasteiger partial charge < -0.3 is 15.4 Å². The van der Waals surface area contributed by atoms with Gasteiger partial charge in [0.25, 0.3) is 0 Å². The van der Waals surface area contributed by atoms with E-state index in [9.17, 15) is 4.79 Å². The maximum Gasteiger partial charge on any atom is 0.319 e. The van der Waals surface area contributed by atoms with E-state index in [1.54, 1.807) is 10.9 Å². The number of nitrogens with one attached hydrogen (secondary N) is 2. The van der Waals surface area contributed by atoms with Gasteiger partial charge >= 0.3 is 6.03 Å². The van der Waals surface area contributed by atoms with Crippen LogP contribution in [0.2, 0.25) is 5.02 Å². The molecule has 0 bridgehead atoms. The lowest BCUT2D eigenvalue weighted by molar-refractivity contribution is 0.0940. The van der Waals surface area contributed by atoms with Crippen molar-refractivity contribution in [2.75, 3.05) is 18.5 Å². The number of aromatic nitrogens is 2. The van der Waals surface area contributed by atoms with E-state index in [4.69, 9.17) is 16.3 Å². The van der Waals surface area contributed by atoms with Crippen molar-refractivity contribution in [3.63, 3.8) is 0 Å². The summed E-state index contributed by atoms with van der Waals surface area (Å²) < 4.78 is 7.38. The lowest BCUT2D eigenvalue weighted by Crippen LogP contribution is -2.30. The Bertz CT molecular complexity index is 683. The predicted octanol–water partition coefficient (Wildman–Crippen LogP) is 3.08. The van der Waals surface area contributed by atoms with Crippen molar-refractivity contribution in [1.82, 2.24) is 15.1 Å². The maximum atomic E-state index is 11.9. The number of nitrogens with zero attached hydrogens (tertiary/aromatic N) is 2. The number of urea groups is 1. The third-order valence-electron chi connectivity index (χ3n) is 3.89. The number of hydrogen-bond donors (Lipinski definition) is 2. The number of carbonyl (C=O) groups excluding carboxylic acids is 1. The Morgan fingerprint density at radius 3 is 3.17 bits per heavy atom. The molecule has 1 saturated heterocycles. The van der Waals surface area contributed by atoms with Gasteiger partial charge in [0.15, 0.2) is 0 Å². The molecule has 128 valence electrons. The summed E-state index contributed by atoms with van der Waals surface area (Å²) in [6.45, 7) is 2.08. The van der Waals surface area contributed by atoms with Crippen molar-refractivity contribution in [2.24, 2.45) is 0 Å². The zero-order valence-electron chi connectivity index (χ0n) is 13.4. The smallest absolute Gasteiger partial charge is 0.319 e. The molecule has 1 fully saturated rings. The highest BCUT2D eigenvalue weighted by molar-refractivity contribution is 6.30. The van der Waals surface area contributed by atoms with E-state index in [1.165, 1.54) is 0 Å². The predicted molar refractivity (Wildman–Crippen MR) is 93.4 cm³/mol. The number of anilines is 1. The van der Waals surface area contributed by atoms with Crippen LogP contribution in [0.3, 0.4) is 0 Å². The molecule has 1 aliphatic rings. The summed E-state index contributed by atoms with van der Waals surface area (Å²) in [5, 5.41) is 10.6. The fourth-order valence-electron chi connectivity index (χ4n) is 2.71. The number of benzene rings is 1. The van der Waals surface area contributed by atoms with Crippen molar-refractivity contribution in [3.8, 4) is 0 Å². The first-order valence-corrected chi connectivity index (χ1v) is 8.50. The van der Waals surface area contributed by atoms with Crippen LogP contribution >= 0.6 is 11.6 Å². The second-order valence-corrected chi connectivity index (χ2v) is 6.28. The first kappa shape index (κ1) is 16.8. The highest BCUT2D eigenvalue weighted by Gasteiger charge is 2.16. The average Bonchev–Trinajstić information content (AvgIpc) is 3.20. The Morgan fingerprint density at radius 2 is 2.38 bits per heavy atom. The molecule has 1 aromatic carbocycles. The summed E-state index contributed by atoms with van der Waals surface area (Å²) in [4.78, 5) is 11.9. The SMILES string of the molecule is O=C(NCCc1cccc(Cl)c1)Nc1cnn(CC2CCCO2)c1. The molecule has 1 atom stereocenters. The lowest BCUT2D eigenvalue weighted by Gasteiger charge is -2.08. The van der Waals surface area contributed by atoms with Crippen molar-refractivity contribution >= 4 is 23.3 Å². The molecule has 3 rings (SSSR count). The second-order valence-electron chi connectivity index (χ2n) is 5.85. The summed E-state index contributed by atoms with van der Waals surface area (Å²) >= 11 is 5.94. The number of amides is 2. The molecule has 2 N–H and O–H groups in total. The minimum absolute atomic E-state index is 0.226. The number of halogens is 1. The van der Waals surface area contributed by atoms with Crippen LogP contribution in [0.5, 0.6) is 0 Å². The van der Waals surface area contributed by atoms with Gasteiger partial charge in [-0.2, -0.15) is 5.10 Å². The molecule has 7 heteroatoms. The Kier molecular flexibility index (Phi) is 5.72. The van der Waals surface area contributed by atoms with Gasteiger partial charge in [-0.3, -0.25) is 4.68 Å². The molecular weight excluding hydrogens is 328 g/mol. The molecule has 0 spiro atoms. The van der Waals surface area contributed by atoms with Gasteiger partial charge in [-0.15, -0.1) is 0 Å². The van der Waals surface area contributed by atoms with E-state index in [0.717, 1.165) is 38.0 Å². The average molecular weight is 349 g/mol. The molecule has 6 nitrogen and oxygen atoms in total. The molecule has 0 aliphatic carbocycles. The number of ether oxygens (including phenoxy) is 1. The monoisotopic (exact) mass is 348 g/mol. The Hall–Kier alpha value is -2.05. The summed E-state index contributed by atoms with van der Waals surface area (Å²) in [6, 6.07) is 7.38. The van der Waals surface area contributed by atoms with Crippen LogP contribution in [0.15, 0.2) is 36.7 Å². The summed E-state index contributed by atoms with van der Waals surface area (Å²) in [5.74, 6) is 0. The van der Waals surface area contributed by atoms with Gasteiger partial charge in [0.05, 0.1) is 24.5 Å². The van der Waals surface area contributed by atoms with Gasteiger partial charge in [-0.05, 0) is 37.0 Å². The summed E-state index contributed by atoms with van der Waals surface area (Å²) in [5.41, 5.74) is 1.76. The van der Waals surface area contributed by atoms with Crippen LogP contribution in [0.1, 0.15) is 18.4 Å².